The molecule has 4 nitrogen and oxygen atoms in total. The molecule has 0 unspecified atom stereocenters. The smallest absolute Gasteiger partial charge is 0.0693 e. The van der Waals surface area contributed by atoms with E-state index >= 15 is 0 Å². The molecule has 4 rings (SSSR count). The molecule has 2 aromatic rings. The topological polar surface area (TPSA) is 24.3 Å². The molecule has 2 saturated heterocycles. The monoisotopic (exact) mass is 324 g/mol. The van der Waals surface area contributed by atoms with Gasteiger partial charge in [0.05, 0.1) is 11.4 Å². The minimum Gasteiger partial charge on any atom is -0.298 e. The summed E-state index contributed by atoms with van der Waals surface area (Å²) in [6.45, 7) is 10.2. The Morgan fingerprint density at radius 3 is 2.79 bits per heavy atom. The van der Waals surface area contributed by atoms with Crippen molar-refractivity contribution >= 4 is 0 Å². The number of hydrogen-bond donors (Lipinski definition) is 0. The third kappa shape index (κ3) is 3.13. The maximum atomic E-state index is 4.69. The maximum Gasteiger partial charge on any atom is 0.0693 e. The summed E-state index contributed by atoms with van der Waals surface area (Å²) >= 11 is 0. The lowest BCUT2D eigenvalue weighted by Crippen LogP contribution is -2.54. The Bertz CT molecular complexity index is 705. The number of hydrogen-bond acceptors (Lipinski definition) is 3. The minimum atomic E-state index is 0.772. The largest absolute Gasteiger partial charge is 0.298 e. The van der Waals surface area contributed by atoms with Crippen molar-refractivity contribution in [1.82, 2.24) is 19.6 Å². The fourth-order valence-electron chi connectivity index (χ4n) is 4.33. The van der Waals surface area contributed by atoms with Gasteiger partial charge < -0.3 is 0 Å². The Labute approximate surface area is 145 Å². The van der Waals surface area contributed by atoms with Crippen LogP contribution in [0.25, 0.3) is 5.69 Å². The van der Waals surface area contributed by atoms with Crippen LogP contribution in [0.2, 0.25) is 0 Å². The third-order valence-corrected chi connectivity index (χ3v) is 5.54. The second-order valence-corrected chi connectivity index (χ2v) is 7.39. The van der Waals surface area contributed by atoms with E-state index in [4.69, 9.17) is 0 Å². The number of aromatic nitrogens is 2. The van der Waals surface area contributed by atoms with E-state index in [-0.39, 0.29) is 0 Å². The van der Waals surface area contributed by atoms with Gasteiger partial charge in [0.15, 0.2) is 0 Å². The first-order chi connectivity index (χ1) is 11.7. The average Bonchev–Trinajstić information content (AvgIpc) is 2.93. The van der Waals surface area contributed by atoms with Crippen molar-refractivity contribution in [1.29, 1.82) is 0 Å². The van der Waals surface area contributed by atoms with Crippen LogP contribution >= 0.6 is 0 Å². The summed E-state index contributed by atoms with van der Waals surface area (Å²) in [4.78, 5) is 5.34. The Morgan fingerprint density at radius 2 is 1.96 bits per heavy atom. The molecule has 24 heavy (non-hydrogen) atoms. The van der Waals surface area contributed by atoms with Gasteiger partial charge >= 0.3 is 0 Å². The molecule has 0 amide bonds. The number of fused-ring (bicyclic) bond motifs is 1. The first-order valence-corrected chi connectivity index (χ1v) is 9.28. The second kappa shape index (κ2) is 6.69. The highest BCUT2D eigenvalue weighted by Crippen LogP contribution is 2.24. The highest BCUT2D eigenvalue weighted by molar-refractivity contribution is 5.42. The molecule has 2 fully saturated rings. The number of para-hydroxylation sites is 1. The molecule has 2 aliphatic rings. The van der Waals surface area contributed by atoms with Crippen LogP contribution in [0.3, 0.4) is 0 Å². The van der Waals surface area contributed by atoms with Crippen molar-refractivity contribution in [3.8, 4) is 5.69 Å². The van der Waals surface area contributed by atoms with Gasteiger partial charge in [0.1, 0.15) is 0 Å². The van der Waals surface area contributed by atoms with E-state index in [1.54, 1.807) is 0 Å². The van der Waals surface area contributed by atoms with Crippen LogP contribution in [0.4, 0.5) is 0 Å². The van der Waals surface area contributed by atoms with Gasteiger partial charge in [-0.25, -0.2) is 4.68 Å². The molecule has 1 aromatic heterocycles. The summed E-state index contributed by atoms with van der Waals surface area (Å²) in [5.41, 5.74) is 4.90. The summed E-state index contributed by atoms with van der Waals surface area (Å²) in [7, 11) is 0. The number of piperidine rings is 1. The summed E-state index contributed by atoms with van der Waals surface area (Å²) in [6.07, 6.45) is 4.16. The molecule has 3 heterocycles. The van der Waals surface area contributed by atoms with Crippen LogP contribution in [-0.2, 0) is 6.54 Å². The second-order valence-electron chi connectivity index (χ2n) is 7.39. The van der Waals surface area contributed by atoms with E-state index in [1.165, 1.54) is 62.4 Å². The van der Waals surface area contributed by atoms with Gasteiger partial charge in [-0.1, -0.05) is 24.6 Å². The van der Waals surface area contributed by atoms with Gasteiger partial charge in [0, 0.05) is 37.9 Å². The Kier molecular flexibility index (Phi) is 4.42. The zero-order valence-corrected chi connectivity index (χ0v) is 14.9. The molecule has 0 saturated carbocycles. The van der Waals surface area contributed by atoms with Crippen molar-refractivity contribution in [3.63, 3.8) is 0 Å². The molecule has 0 N–H and O–H groups in total. The van der Waals surface area contributed by atoms with Crippen molar-refractivity contribution in [2.24, 2.45) is 0 Å². The maximum absolute atomic E-state index is 4.69. The lowest BCUT2D eigenvalue weighted by atomic mass is 9.99. The fraction of sp³-hybridized carbons (Fsp3) is 0.550. The number of rotatable bonds is 3. The molecular formula is C20H28N4. The van der Waals surface area contributed by atoms with Crippen molar-refractivity contribution < 1.29 is 0 Å². The average molecular weight is 324 g/mol. The van der Waals surface area contributed by atoms with E-state index in [9.17, 15) is 0 Å². The van der Waals surface area contributed by atoms with Crippen molar-refractivity contribution in [2.75, 3.05) is 26.2 Å². The lowest BCUT2D eigenvalue weighted by Gasteiger charge is -2.44. The summed E-state index contributed by atoms with van der Waals surface area (Å²) in [5, 5.41) is 4.69. The summed E-state index contributed by atoms with van der Waals surface area (Å²) < 4.78 is 2.10. The van der Waals surface area contributed by atoms with Crippen LogP contribution < -0.4 is 0 Å². The van der Waals surface area contributed by atoms with Gasteiger partial charge in [-0.15, -0.1) is 0 Å². The normalized spacial score (nSPS) is 22.5. The number of benzene rings is 1. The van der Waals surface area contributed by atoms with Crippen LogP contribution in [0.15, 0.2) is 30.3 Å². The van der Waals surface area contributed by atoms with Gasteiger partial charge in [0.25, 0.3) is 0 Å². The third-order valence-electron chi connectivity index (χ3n) is 5.54. The molecule has 4 heteroatoms. The van der Waals surface area contributed by atoms with Gasteiger partial charge in [0.2, 0.25) is 0 Å². The predicted molar refractivity (Wildman–Crippen MR) is 97.5 cm³/mol. The zero-order chi connectivity index (χ0) is 16.5. The van der Waals surface area contributed by atoms with Gasteiger partial charge in [-0.3, -0.25) is 9.80 Å². The van der Waals surface area contributed by atoms with Gasteiger partial charge in [-0.2, -0.15) is 5.10 Å². The van der Waals surface area contributed by atoms with E-state index in [1.807, 2.05) is 0 Å². The van der Waals surface area contributed by atoms with Crippen LogP contribution in [0, 0.1) is 13.8 Å². The van der Waals surface area contributed by atoms with E-state index < -0.39 is 0 Å². The molecule has 1 aromatic carbocycles. The van der Waals surface area contributed by atoms with E-state index in [2.05, 4.69) is 63.8 Å². The van der Waals surface area contributed by atoms with Crippen LogP contribution in [0.1, 0.15) is 36.2 Å². The molecule has 0 bridgehead atoms. The number of nitrogens with zero attached hydrogens (tertiary/aromatic N) is 4. The number of aryl methyl sites for hydroxylation is 2. The Hall–Kier alpha value is -1.65. The van der Waals surface area contributed by atoms with Crippen LogP contribution in [0.5, 0.6) is 0 Å². The van der Waals surface area contributed by atoms with E-state index in [0.717, 1.165) is 18.3 Å². The molecule has 0 aliphatic carbocycles. The standard InChI is InChI=1S/C20H28N4/c1-16-13-17(2)24(21-16)20-9-4-3-7-18(20)14-22-11-12-23-10-6-5-8-19(23)15-22/h3-4,7,9,13,19H,5-6,8,10-12,14-15H2,1-2H3/t19-/m0/s1. The minimum absolute atomic E-state index is 0.772. The molecule has 0 radical (unpaired) electrons. The molecule has 2 aliphatic heterocycles. The molecule has 1 atom stereocenters. The van der Waals surface area contributed by atoms with Crippen molar-refractivity contribution in [3.05, 3.63) is 47.3 Å². The lowest BCUT2D eigenvalue weighted by molar-refractivity contribution is 0.0456. The highest BCUT2D eigenvalue weighted by atomic mass is 15.3. The van der Waals surface area contributed by atoms with Crippen LogP contribution in [-0.4, -0.2) is 51.8 Å². The zero-order valence-electron chi connectivity index (χ0n) is 14.9. The number of piperazine rings is 1. The quantitative estimate of drug-likeness (QED) is 0.867. The first kappa shape index (κ1) is 15.9. The predicted octanol–water partition coefficient (Wildman–Crippen LogP) is 3.16. The van der Waals surface area contributed by atoms with Crippen molar-refractivity contribution in [2.45, 2.75) is 45.7 Å². The highest BCUT2D eigenvalue weighted by Gasteiger charge is 2.29. The summed E-state index contributed by atoms with van der Waals surface area (Å²) in [5.74, 6) is 0. The molecular weight excluding hydrogens is 296 g/mol. The fourth-order valence-corrected chi connectivity index (χ4v) is 4.33. The van der Waals surface area contributed by atoms with Gasteiger partial charge in [-0.05, 0) is 50.9 Å². The molecule has 128 valence electrons. The Balaban J connectivity index is 1.54. The molecule has 0 spiro atoms. The summed E-state index contributed by atoms with van der Waals surface area (Å²) in [6, 6.07) is 11.7. The van der Waals surface area contributed by atoms with E-state index in [0.29, 0.717) is 0 Å². The SMILES string of the molecule is Cc1cc(C)n(-c2ccccc2CN2CCN3CCCC[C@H]3C2)n1. The first-order valence-electron chi connectivity index (χ1n) is 9.28. The Morgan fingerprint density at radius 1 is 1.08 bits per heavy atom.